The van der Waals surface area contributed by atoms with Crippen molar-refractivity contribution in [3.63, 3.8) is 0 Å². The number of benzene rings is 1. The molecule has 0 radical (unpaired) electrons. The summed E-state index contributed by atoms with van der Waals surface area (Å²) in [6.45, 7) is 0. The van der Waals surface area contributed by atoms with Gasteiger partial charge in [0.1, 0.15) is 5.58 Å². The van der Waals surface area contributed by atoms with E-state index < -0.39 is 0 Å². The SMILES string of the molecule is O=c1c(C2CCCCC2)coc2ccccc12. The van der Waals surface area contributed by atoms with E-state index in [9.17, 15) is 4.79 Å². The van der Waals surface area contributed by atoms with Crippen molar-refractivity contribution in [3.8, 4) is 0 Å². The summed E-state index contributed by atoms with van der Waals surface area (Å²) in [5.74, 6) is 0.407. The number of fused-ring (bicyclic) bond motifs is 1. The van der Waals surface area contributed by atoms with E-state index in [0.29, 0.717) is 11.5 Å². The summed E-state index contributed by atoms with van der Waals surface area (Å²) in [6.07, 6.45) is 7.70. The van der Waals surface area contributed by atoms with E-state index in [-0.39, 0.29) is 5.43 Å². The fourth-order valence-corrected chi connectivity index (χ4v) is 2.79. The number of hydrogen-bond acceptors (Lipinski definition) is 2. The van der Waals surface area contributed by atoms with Crippen LogP contribution in [0, 0.1) is 0 Å². The fourth-order valence-electron chi connectivity index (χ4n) is 2.79. The molecule has 1 aromatic heterocycles. The van der Waals surface area contributed by atoms with Gasteiger partial charge in [0.15, 0.2) is 5.43 Å². The maximum absolute atomic E-state index is 12.4. The Morgan fingerprint density at radius 2 is 1.82 bits per heavy atom. The molecule has 1 heterocycles. The molecule has 2 nitrogen and oxygen atoms in total. The first-order chi connectivity index (χ1) is 8.36. The second kappa shape index (κ2) is 4.36. The summed E-state index contributed by atoms with van der Waals surface area (Å²) < 4.78 is 5.58. The molecule has 1 aliphatic rings. The Morgan fingerprint density at radius 1 is 1.06 bits per heavy atom. The minimum Gasteiger partial charge on any atom is -0.464 e. The summed E-state index contributed by atoms with van der Waals surface area (Å²) in [4.78, 5) is 12.4. The molecule has 1 aliphatic carbocycles. The van der Waals surface area contributed by atoms with Crippen molar-refractivity contribution in [2.75, 3.05) is 0 Å². The molecule has 0 atom stereocenters. The average Bonchev–Trinajstić information content (AvgIpc) is 2.40. The van der Waals surface area contributed by atoms with Gasteiger partial charge in [-0.25, -0.2) is 0 Å². The van der Waals surface area contributed by atoms with Crippen molar-refractivity contribution in [2.24, 2.45) is 0 Å². The standard InChI is InChI=1S/C15H16O2/c16-15-12-8-4-5-9-14(12)17-10-13(15)11-6-2-1-3-7-11/h4-5,8-11H,1-3,6-7H2. The molecule has 0 saturated heterocycles. The van der Waals surface area contributed by atoms with E-state index in [2.05, 4.69) is 0 Å². The zero-order valence-electron chi connectivity index (χ0n) is 9.82. The van der Waals surface area contributed by atoms with Crippen molar-refractivity contribution in [1.29, 1.82) is 0 Å². The topological polar surface area (TPSA) is 30.2 Å². The Balaban J connectivity index is 2.11. The number of para-hydroxylation sites is 1. The van der Waals surface area contributed by atoms with Crippen LogP contribution >= 0.6 is 0 Å². The van der Waals surface area contributed by atoms with Gasteiger partial charge >= 0.3 is 0 Å². The largest absolute Gasteiger partial charge is 0.464 e. The van der Waals surface area contributed by atoms with Crippen molar-refractivity contribution in [3.05, 3.63) is 46.3 Å². The summed E-state index contributed by atoms with van der Waals surface area (Å²) in [5.41, 5.74) is 1.74. The fraction of sp³-hybridized carbons (Fsp3) is 0.400. The third-order valence-corrected chi connectivity index (χ3v) is 3.75. The molecule has 0 aliphatic heterocycles. The van der Waals surface area contributed by atoms with Gasteiger partial charge in [0.05, 0.1) is 11.6 Å². The highest BCUT2D eigenvalue weighted by Crippen LogP contribution is 2.31. The van der Waals surface area contributed by atoms with Gasteiger partial charge < -0.3 is 4.42 Å². The van der Waals surface area contributed by atoms with Crippen LogP contribution in [0.1, 0.15) is 43.6 Å². The summed E-state index contributed by atoms with van der Waals surface area (Å²) in [7, 11) is 0. The van der Waals surface area contributed by atoms with Crippen LogP contribution < -0.4 is 5.43 Å². The zero-order valence-corrected chi connectivity index (χ0v) is 9.82. The highest BCUT2D eigenvalue weighted by Gasteiger charge is 2.19. The predicted octanol–water partition coefficient (Wildman–Crippen LogP) is 3.84. The van der Waals surface area contributed by atoms with E-state index in [1.807, 2.05) is 24.3 Å². The van der Waals surface area contributed by atoms with Crippen LogP contribution in [0.25, 0.3) is 11.0 Å². The third kappa shape index (κ3) is 1.88. The lowest BCUT2D eigenvalue weighted by Crippen LogP contribution is -2.15. The molecule has 0 amide bonds. The molecule has 2 aromatic rings. The molecule has 88 valence electrons. The first-order valence-electron chi connectivity index (χ1n) is 6.37. The van der Waals surface area contributed by atoms with Crippen molar-refractivity contribution >= 4 is 11.0 Å². The van der Waals surface area contributed by atoms with Crippen LogP contribution in [0.15, 0.2) is 39.7 Å². The van der Waals surface area contributed by atoms with E-state index in [1.54, 1.807) is 6.26 Å². The van der Waals surface area contributed by atoms with Crippen molar-refractivity contribution in [2.45, 2.75) is 38.0 Å². The third-order valence-electron chi connectivity index (χ3n) is 3.75. The normalized spacial score (nSPS) is 17.4. The Morgan fingerprint density at radius 3 is 2.65 bits per heavy atom. The van der Waals surface area contributed by atoms with Crippen LogP contribution in [0.2, 0.25) is 0 Å². The minimum absolute atomic E-state index is 0.166. The quantitative estimate of drug-likeness (QED) is 0.742. The molecular formula is C15H16O2. The lowest BCUT2D eigenvalue weighted by Gasteiger charge is -2.20. The van der Waals surface area contributed by atoms with Gasteiger partial charge in [-0.2, -0.15) is 0 Å². The van der Waals surface area contributed by atoms with Gasteiger partial charge in [0.2, 0.25) is 0 Å². The Labute approximate surface area is 100 Å². The molecule has 1 saturated carbocycles. The van der Waals surface area contributed by atoms with Crippen LogP contribution in [0.4, 0.5) is 0 Å². The van der Waals surface area contributed by atoms with Crippen molar-refractivity contribution in [1.82, 2.24) is 0 Å². The smallest absolute Gasteiger partial charge is 0.196 e. The molecule has 0 unspecified atom stereocenters. The summed E-state index contributed by atoms with van der Waals surface area (Å²) in [5, 5.41) is 0.718. The molecule has 1 aromatic carbocycles. The Bertz CT molecular complexity index is 577. The molecule has 0 bridgehead atoms. The first kappa shape index (κ1) is 10.6. The molecule has 0 spiro atoms. The molecule has 0 N–H and O–H groups in total. The summed E-state index contributed by atoms with van der Waals surface area (Å²) >= 11 is 0. The first-order valence-corrected chi connectivity index (χ1v) is 6.37. The van der Waals surface area contributed by atoms with Crippen LogP contribution in [-0.2, 0) is 0 Å². The van der Waals surface area contributed by atoms with Gasteiger partial charge in [0, 0.05) is 5.56 Å². The van der Waals surface area contributed by atoms with Gasteiger partial charge in [-0.3, -0.25) is 4.79 Å². The van der Waals surface area contributed by atoms with Gasteiger partial charge in [-0.15, -0.1) is 0 Å². The van der Waals surface area contributed by atoms with E-state index in [0.717, 1.165) is 23.8 Å². The van der Waals surface area contributed by atoms with E-state index in [1.165, 1.54) is 19.3 Å². The molecule has 1 fully saturated rings. The lowest BCUT2D eigenvalue weighted by atomic mass is 9.84. The molecule has 2 heteroatoms. The average molecular weight is 228 g/mol. The number of hydrogen-bond donors (Lipinski definition) is 0. The van der Waals surface area contributed by atoms with Gasteiger partial charge in [-0.1, -0.05) is 31.4 Å². The highest BCUT2D eigenvalue weighted by molar-refractivity contribution is 5.76. The Hall–Kier alpha value is -1.57. The summed E-state index contributed by atoms with van der Waals surface area (Å²) in [6, 6.07) is 7.49. The minimum atomic E-state index is 0.166. The maximum atomic E-state index is 12.4. The molecular weight excluding hydrogens is 212 g/mol. The van der Waals surface area contributed by atoms with Gasteiger partial charge in [0.25, 0.3) is 0 Å². The zero-order chi connectivity index (χ0) is 11.7. The monoisotopic (exact) mass is 228 g/mol. The Kier molecular flexibility index (Phi) is 2.71. The van der Waals surface area contributed by atoms with Gasteiger partial charge in [-0.05, 0) is 30.9 Å². The van der Waals surface area contributed by atoms with Crippen LogP contribution in [-0.4, -0.2) is 0 Å². The second-order valence-corrected chi connectivity index (χ2v) is 4.85. The second-order valence-electron chi connectivity index (χ2n) is 4.85. The maximum Gasteiger partial charge on any atom is 0.196 e. The lowest BCUT2D eigenvalue weighted by molar-refractivity contribution is 0.433. The van der Waals surface area contributed by atoms with Crippen LogP contribution in [0.3, 0.4) is 0 Å². The van der Waals surface area contributed by atoms with Crippen LogP contribution in [0.5, 0.6) is 0 Å². The predicted molar refractivity (Wildman–Crippen MR) is 68.3 cm³/mol. The highest BCUT2D eigenvalue weighted by atomic mass is 16.3. The molecule has 3 rings (SSSR count). The number of rotatable bonds is 1. The van der Waals surface area contributed by atoms with E-state index >= 15 is 0 Å². The van der Waals surface area contributed by atoms with E-state index in [4.69, 9.17) is 4.42 Å². The van der Waals surface area contributed by atoms with Crippen molar-refractivity contribution < 1.29 is 4.42 Å². The molecule has 17 heavy (non-hydrogen) atoms.